The Bertz CT molecular complexity index is 1460. The van der Waals surface area contributed by atoms with Crippen LogP contribution in [-0.4, -0.2) is 17.4 Å². The SMILES string of the molecule is Cc1c(-c2ccccc2)oc2c(C(=O)N3CCc4ccc([N+](=O)[O-])cc43)cccc2c1=O. The molecule has 158 valence electrons. The molecule has 2 heterocycles. The highest BCUT2D eigenvalue weighted by atomic mass is 16.6. The third kappa shape index (κ3) is 3.06. The Balaban J connectivity index is 1.67. The van der Waals surface area contributed by atoms with Crippen LogP contribution in [0.5, 0.6) is 0 Å². The van der Waals surface area contributed by atoms with Gasteiger partial charge in [0.2, 0.25) is 0 Å². The zero-order valence-corrected chi connectivity index (χ0v) is 17.2. The third-order valence-corrected chi connectivity index (χ3v) is 5.83. The van der Waals surface area contributed by atoms with E-state index in [1.165, 1.54) is 17.0 Å². The average molecular weight is 426 g/mol. The van der Waals surface area contributed by atoms with Gasteiger partial charge in [-0.05, 0) is 31.0 Å². The molecule has 0 atom stereocenters. The van der Waals surface area contributed by atoms with Gasteiger partial charge in [0.05, 0.1) is 21.6 Å². The van der Waals surface area contributed by atoms with Gasteiger partial charge in [0, 0.05) is 29.8 Å². The number of para-hydroxylation sites is 1. The minimum atomic E-state index is -0.479. The van der Waals surface area contributed by atoms with Crippen molar-refractivity contribution in [2.45, 2.75) is 13.3 Å². The van der Waals surface area contributed by atoms with E-state index in [1.54, 1.807) is 31.2 Å². The Hall–Kier alpha value is -4.26. The number of nitro groups is 1. The lowest BCUT2D eigenvalue weighted by Crippen LogP contribution is -2.29. The number of hydrogen-bond donors (Lipinski definition) is 0. The van der Waals surface area contributed by atoms with E-state index in [0.717, 1.165) is 11.1 Å². The zero-order chi connectivity index (χ0) is 22.4. The number of non-ortho nitro benzene ring substituents is 1. The minimum Gasteiger partial charge on any atom is -0.455 e. The maximum absolute atomic E-state index is 13.5. The molecule has 0 radical (unpaired) electrons. The van der Waals surface area contributed by atoms with Gasteiger partial charge in [-0.1, -0.05) is 42.5 Å². The standard InChI is InChI=1S/C25H18N2O5/c1-15-22(28)19-8-5-9-20(24(19)32-23(15)17-6-3-2-4-7-17)25(29)26-13-12-16-10-11-18(27(30)31)14-21(16)26/h2-11,14H,12-13H2,1H3. The second kappa shape index (κ2) is 7.46. The van der Waals surface area contributed by atoms with Crippen molar-refractivity contribution in [2.75, 3.05) is 11.4 Å². The topological polar surface area (TPSA) is 93.7 Å². The van der Waals surface area contributed by atoms with Crippen LogP contribution < -0.4 is 10.3 Å². The molecular formula is C25H18N2O5. The smallest absolute Gasteiger partial charge is 0.271 e. The van der Waals surface area contributed by atoms with E-state index in [9.17, 15) is 19.7 Å². The molecule has 7 nitrogen and oxygen atoms in total. The van der Waals surface area contributed by atoms with Gasteiger partial charge in [0.25, 0.3) is 11.6 Å². The van der Waals surface area contributed by atoms with Crippen molar-refractivity contribution in [1.29, 1.82) is 0 Å². The number of nitrogens with zero attached hydrogens (tertiary/aromatic N) is 2. The summed E-state index contributed by atoms with van der Waals surface area (Å²) in [4.78, 5) is 38.9. The Morgan fingerprint density at radius 1 is 1.06 bits per heavy atom. The van der Waals surface area contributed by atoms with E-state index >= 15 is 0 Å². The van der Waals surface area contributed by atoms with Gasteiger partial charge in [-0.3, -0.25) is 19.7 Å². The quantitative estimate of drug-likeness (QED) is 0.344. The molecule has 0 unspecified atom stereocenters. The number of anilines is 1. The molecule has 0 N–H and O–H groups in total. The largest absolute Gasteiger partial charge is 0.455 e. The molecule has 5 rings (SSSR count). The van der Waals surface area contributed by atoms with Gasteiger partial charge >= 0.3 is 0 Å². The number of amides is 1. The van der Waals surface area contributed by atoms with Crippen molar-refractivity contribution >= 4 is 28.3 Å². The lowest BCUT2D eigenvalue weighted by molar-refractivity contribution is -0.384. The number of hydrogen-bond acceptors (Lipinski definition) is 5. The number of carbonyl (C=O) groups is 1. The molecule has 0 spiro atoms. The van der Waals surface area contributed by atoms with Crippen LogP contribution in [0, 0.1) is 17.0 Å². The predicted octanol–water partition coefficient (Wildman–Crippen LogP) is 4.88. The number of nitro benzene ring substituents is 1. The lowest BCUT2D eigenvalue weighted by atomic mass is 10.0. The lowest BCUT2D eigenvalue weighted by Gasteiger charge is -2.18. The van der Waals surface area contributed by atoms with E-state index in [2.05, 4.69) is 0 Å². The summed E-state index contributed by atoms with van der Waals surface area (Å²) in [5.74, 6) is 0.0571. The maximum atomic E-state index is 13.5. The van der Waals surface area contributed by atoms with Gasteiger partial charge in [0.15, 0.2) is 11.0 Å². The molecule has 7 heteroatoms. The van der Waals surface area contributed by atoms with Crippen LogP contribution in [0.25, 0.3) is 22.3 Å². The summed E-state index contributed by atoms with van der Waals surface area (Å²) in [6, 6.07) is 18.7. The molecule has 0 saturated heterocycles. The monoisotopic (exact) mass is 426 g/mol. The molecule has 0 saturated carbocycles. The summed E-state index contributed by atoms with van der Waals surface area (Å²) < 4.78 is 6.17. The van der Waals surface area contributed by atoms with Crippen LogP contribution in [0.3, 0.4) is 0 Å². The molecular weight excluding hydrogens is 408 g/mol. The van der Waals surface area contributed by atoms with Crippen LogP contribution in [0.2, 0.25) is 0 Å². The van der Waals surface area contributed by atoms with E-state index in [1.807, 2.05) is 30.3 Å². The van der Waals surface area contributed by atoms with Crippen LogP contribution in [-0.2, 0) is 6.42 Å². The zero-order valence-electron chi connectivity index (χ0n) is 17.2. The van der Waals surface area contributed by atoms with Crippen molar-refractivity contribution in [3.05, 3.63) is 104 Å². The average Bonchev–Trinajstić information content (AvgIpc) is 3.24. The molecule has 0 bridgehead atoms. The third-order valence-electron chi connectivity index (χ3n) is 5.83. The van der Waals surface area contributed by atoms with Gasteiger partial charge < -0.3 is 9.32 Å². The molecule has 1 aliphatic heterocycles. The second-order valence-electron chi connectivity index (χ2n) is 7.71. The van der Waals surface area contributed by atoms with Crippen molar-refractivity contribution in [1.82, 2.24) is 0 Å². The Labute approximate surface area is 182 Å². The van der Waals surface area contributed by atoms with Crippen LogP contribution >= 0.6 is 0 Å². The molecule has 0 fully saturated rings. The molecule has 1 aliphatic rings. The second-order valence-corrected chi connectivity index (χ2v) is 7.71. The summed E-state index contributed by atoms with van der Waals surface area (Å²) in [5.41, 5.74) is 2.78. The number of benzene rings is 3. The van der Waals surface area contributed by atoms with Gasteiger partial charge in [-0.15, -0.1) is 0 Å². The van der Waals surface area contributed by atoms with Crippen molar-refractivity contribution in [2.24, 2.45) is 0 Å². The van der Waals surface area contributed by atoms with Gasteiger partial charge in [-0.25, -0.2) is 0 Å². The van der Waals surface area contributed by atoms with Crippen LogP contribution in [0.1, 0.15) is 21.5 Å². The predicted molar refractivity (Wildman–Crippen MR) is 121 cm³/mol. The van der Waals surface area contributed by atoms with E-state index in [-0.39, 0.29) is 28.2 Å². The number of fused-ring (bicyclic) bond motifs is 2. The maximum Gasteiger partial charge on any atom is 0.271 e. The fraction of sp³-hybridized carbons (Fsp3) is 0.120. The van der Waals surface area contributed by atoms with E-state index < -0.39 is 4.92 Å². The van der Waals surface area contributed by atoms with Crippen LogP contribution in [0.4, 0.5) is 11.4 Å². The Morgan fingerprint density at radius 2 is 1.84 bits per heavy atom. The van der Waals surface area contributed by atoms with Gasteiger partial charge in [0.1, 0.15) is 5.76 Å². The first-order valence-electron chi connectivity index (χ1n) is 10.2. The minimum absolute atomic E-state index is 0.0742. The molecule has 32 heavy (non-hydrogen) atoms. The molecule has 3 aromatic carbocycles. The Morgan fingerprint density at radius 3 is 2.59 bits per heavy atom. The molecule has 4 aromatic rings. The molecule has 0 aliphatic carbocycles. The fourth-order valence-corrected chi connectivity index (χ4v) is 4.18. The van der Waals surface area contributed by atoms with E-state index in [4.69, 9.17) is 4.42 Å². The number of carbonyl (C=O) groups excluding carboxylic acids is 1. The molecule has 1 aromatic heterocycles. The summed E-state index contributed by atoms with van der Waals surface area (Å²) in [5, 5.41) is 11.5. The van der Waals surface area contributed by atoms with Crippen molar-refractivity contribution < 1.29 is 14.1 Å². The first-order chi connectivity index (χ1) is 15.5. The normalized spacial score (nSPS) is 12.7. The fourth-order valence-electron chi connectivity index (χ4n) is 4.18. The highest BCUT2D eigenvalue weighted by molar-refractivity contribution is 6.13. The summed E-state index contributed by atoms with van der Waals surface area (Å²) in [6.07, 6.45) is 0.599. The first-order valence-corrected chi connectivity index (χ1v) is 10.2. The molecule has 1 amide bonds. The summed E-state index contributed by atoms with van der Waals surface area (Å²) in [7, 11) is 0. The van der Waals surface area contributed by atoms with Crippen LogP contribution in [0.15, 0.2) is 75.9 Å². The van der Waals surface area contributed by atoms with Crippen molar-refractivity contribution in [3.63, 3.8) is 0 Å². The summed E-state index contributed by atoms with van der Waals surface area (Å²) in [6.45, 7) is 2.10. The van der Waals surface area contributed by atoms with E-state index in [0.29, 0.717) is 35.4 Å². The highest BCUT2D eigenvalue weighted by Gasteiger charge is 2.29. The van der Waals surface area contributed by atoms with Crippen molar-refractivity contribution in [3.8, 4) is 11.3 Å². The number of rotatable bonds is 3. The summed E-state index contributed by atoms with van der Waals surface area (Å²) >= 11 is 0. The highest BCUT2D eigenvalue weighted by Crippen LogP contribution is 2.34. The Kier molecular flexibility index (Phi) is 4.59. The van der Waals surface area contributed by atoms with Gasteiger partial charge in [-0.2, -0.15) is 0 Å². The first kappa shape index (κ1) is 19.7.